The molecule has 0 aliphatic heterocycles. The van der Waals surface area contributed by atoms with Gasteiger partial charge in [-0.1, -0.05) is 12.1 Å². The van der Waals surface area contributed by atoms with Crippen LogP contribution in [-0.2, 0) is 6.54 Å². The van der Waals surface area contributed by atoms with Crippen molar-refractivity contribution in [2.45, 2.75) is 27.3 Å². The first-order valence-corrected chi connectivity index (χ1v) is 5.33. The van der Waals surface area contributed by atoms with Crippen LogP contribution in [-0.4, -0.2) is 9.78 Å². The zero-order valence-electron chi connectivity index (χ0n) is 9.79. The van der Waals surface area contributed by atoms with E-state index in [-0.39, 0.29) is 5.82 Å². The number of hydrogen-bond donors (Lipinski definition) is 0. The van der Waals surface area contributed by atoms with E-state index in [0.29, 0.717) is 6.54 Å². The van der Waals surface area contributed by atoms with Crippen LogP contribution in [0.2, 0.25) is 0 Å². The van der Waals surface area contributed by atoms with Crippen LogP contribution in [0.1, 0.15) is 22.5 Å². The molecule has 0 atom stereocenters. The van der Waals surface area contributed by atoms with Crippen LogP contribution in [0.25, 0.3) is 0 Å². The molecule has 16 heavy (non-hydrogen) atoms. The third-order valence-electron chi connectivity index (χ3n) is 2.99. The zero-order valence-corrected chi connectivity index (χ0v) is 9.79. The largest absolute Gasteiger partial charge is 0.265 e. The molecule has 2 nitrogen and oxygen atoms in total. The first kappa shape index (κ1) is 10.9. The van der Waals surface area contributed by atoms with Crippen molar-refractivity contribution in [3.8, 4) is 0 Å². The highest BCUT2D eigenvalue weighted by Crippen LogP contribution is 2.13. The Hall–Kier alpha value is -1.64. The van der Waals surface area contributed by atoms with E-state index >= 15 is 0 Å². The number of aromatic nitrogens is 2. The van der Waals surface area contributed by atoms with Gasteiger partial charge >= 0.3 is 0 Å². The Balaban J connectivity index is 2.27. The van der Waals surface area contributed by atoms with Gasteiger partial charge in [0.1, 0.15) is 5.82 Å². The minimum Gasteiger partial charge on any atom is -0.265 e. The topological polar surface area (TPSA) is 17.8 Å². The molecule has 1 heterocycles. The molecule has 0 saturated carbocycles. The van der Waals surface area contributed by atoms with Gasteiger partial charge in [-0.15, -0.1) is 0 Å². The Kier molecular flexibility index (Phi) is 2.77. The summed E-state index contributed by atoms with van der Waals surface area (Å²) >= 11 is 0. The van der Waals surface area contributed by atoms with Crippen LogP contribution in [0.4, 0.5) is 4.39 Å². The van der Waals surface area contributed by atoms with E-state index in [2.05, 4.69) is 18.9 Å². The SMILES string of the molecule is Cc1nn(Cc2ccc(F)cc2)c(C)c1C. The summed E-state index contributed by atoms with van der Waals surface area (Å²) in [5.41, 5.74) is 4.51. The molecule has 0 N–H and O–H groups in total. The normalized spacial score (nSPS) is 10.8. The molecule has 0 bridgehead atoms. The van der Waals surface area contributed by atoms with Crippen LogP contribution < -0.4 is 0 Å². The molecular weight excluding hydrogens is 203 g/mol. The van der Waals surface area contributed by atoms with Crippen molar-refractivity contribution < 1.29 is 4.39 Å². The lowest BCUT2D eigenvalue weighted by atomic mass is 10.2. The van der Waals surface area contributed by atoms with Gasteiger partial charge in [0.05, 0.1) is 12.2 Å². The van der Waals surface area contributed by atoms with Gasteiger partial charge in [-0.25, -0.2) is 4.39 Å². The summed E-state index contributed by atoms with van der Waals surface area (Å²) in [6, 6.07) is 6.55. The Morgan fingerprint density at radius 3 is 2.25 bits per heavy atom. The molecule has 2 rings (SSSR count). The van der Waals surface area contributed by atoms with Crippen molar-refractivity contribution in [1.82, 2.24) is 9.78 Å². The number of nitrogens with zero attached hydrogens (tertiary/aromatic N) is 2. The average molecular weight is 218 g/mol. The lowest BCUT2D eigenvalue weighted by molar-refractivity contribution is 0.622. The summed E-state index contributed by atoms with van der Waals surface area (Å²) in [4.78, 5) is 0. The molecule has 0 amide bonds. The van der Waals surface area contributed by atoms with Gasteiger partial charge in [0.15, 0.2) is 0 Å². The molecule has 84 valence electrons. The molecule has 0 radical (unpaired) electrons. The summed E-state index contributed by atoms with van der Waals surface area (Å²) in [5, 5.41) is 4.45. The minimum atomic E-state index is -0.201. The maximum absolute atomic E-state index is 12.8. The Labute approximate surface area is 94.7 Å². The van der Waals surface area contributed by atoms with Crippen LogP contribution in [0.15, 0.2) is 24.3 Å². The molecular formula is C13H15FN2. The second-order valence-corrected chi connectivity index (χ2v) is 4.08. The highest BCUT2D eigenvalue weighted by atomic mass is 19.1. The van der Waals surface area contributed by atoms with Crippen LogP contribution in [0.3, 0.4) is 0 Å². The third-order valence-corrected chi connectivity index (χ3v) is 2.99. The second-order valence-electron chi connectivity index (χ2n) is 4.08. The van der Waals surface area contributed by atoms with Crippen molar-refractivity contribution >= 4 is 0 Å². The van der Waals surface area contributed by atoms with E-state index < -0.39 is 0 Å². The van der Waals surface area contributed by atoms with Gasteiger partial charge in [0.25, 0.3) is 0 Å². The number of rotatable bonds is 2. The monoisotopic (exact) mass is 218 g/mol. The molecule has 0 fully saturated rings. The van der Waals surface area contributed by atoms with E-state index in [1.807, 2.05) is 11.6 Å². The first-order chi connectivity index (χ1) is 7.58. The predicted molar refractivity (Wildman–Crippen MR) is 61.9 cm³/mol. The Bertz CT molecular complexity index is 497. The summed E-state index contributed by atoms with van der Waals surface area (Å²) in [6.45, 7) is 6.82. The quantitative estimate of drug-likeness (QED) is 0.757. The summed E-state index contributed by atoms with van der Waals surface area (Å²) in [5.74, 6) is -0.201. The first-order valence-electron chi connectivity index (χ1n) is 5.33. The van der Waals surface area contributed by atoms with Crippen molar-refractivity contribution in [2.24, 2.45) is 0 Å². The predicted octanol–water partition coefficient (Wildman–Crippen LogP) is 3.00. The Morgan fingerprint density at radius 1 is 1.12 bits per heavy atom. The van der Waals surface area contributed by atoms with Gasteiger partial charge in [0.2, 0.25) is 0 Å². The average Bonchev–Trinajstić information content (AvgIpc) is 2.50. The summed E-state index contributed by atoms with van der Waals surface area (Å²) < 4.78 is 14.7. The van der Waals surface area contributed by atoms with Crippen LogP contribution in [0.5, 0.6) is 0 Å². The fraction of sp³-hybridized carbons (Fsp3) is 0.308. The molecule has 0 saturated heterocycles. The Morgan fingerprint density at radius 2 is 1.75 bits per heavy atom. The van der Waals surface area contributed by atoms with Crippen LogP contribution in [0, 0.1) is 26.6 Å². The maximum atomic E-state index is 12.8. The van der Waals surface area contributed by atoms with Gasteiger partial charge < -0.3 is 0 Å². The molecule has 1 aromatic heterocycles. The molecule has 0 aliphatic rings. The fourth-order valence-corrected chi connectivity index (χ4v) is 1.70. The second kappa shape index (κ2) is 4.08. The van der Waals surface area contributed by atoms with Crippen LogP contribution >= 0.6 is 0 Å². The van der Waals surface area contributed by atoms with Crippen molar-refractivity contribution in [2.75, 3.05) is 0 Å². The van der Waals surface area contributed by atoms with Crippen molar-refractivity contribution in [3.05, 3.63) is 52.6 Å². The van der Waals surface area contributed by atoms with E-state index in [1.54, 1.807) is 12.1 Å². The maximum Gasteiger partial charge on any atom is 0.123 e. The number of benzene rings is 1. The van der Waals surface area contributed by atoms with Crippen molar-refractivity contribution in [1.29, 1.82) is 0 Å². The minimum absolute atomic E-state index is 0.201. The molecule has 3 heteroatoms. The van der Waals surface area contributed by atoms with Gasteiger partial charge in [-0.05, 0) is 44.0 Å². The smallest absolute Gasteiger partial charge is 0.123 e. The lowest BCUT2D eigenvalue weighted by Crippen LogP contribution is -2.04. The number of aryl methyl sites for hydroxylation is 1. The molecule has 1 aromatic carbocycles. The van der Waals surface area contributed by atoms with Gasteiger partial charge in [-0.3, -0.25) is 4.68 Å². The highest BCUT2D eigenvalue weighted by molar-refractivity contribution is 5.24. The molecule has 0 aliphatic carbocycles. The lowest BCUT2D eigenvalue weighted by Gasteiger charge is -2.04. The zero-order chi connectivity index (χ0) is 11.7. The summed E-state index contributed by atoms with van der Waals surface area (Å²) in [6.07, 6.45) is 0. The molecule has 0 unspecified atom stereocenters. The van der Waals surface area contributed by atoms with E-state index in [4.69, 9.17) is 0 Å². The van der Waals surface area contributed by atoms with E-state index in [0.717, 1.165) is 11.3 Å². The number of halogens is 1. The highest BCUT2D eigenvalue weighted by Gasteiger charge is 2.07. The third kappa shape index (κ3) is 1.98. The van der Waals surface area contributed by atoms with Gasteiger partial charge in [0, 0.05) is 5.69 Å². The van der Waals surface area contributed by atoms with Crippen molar-refractivity contribution in [3.63, 3.8) is 0 Å². The fourth-order valence-electron chi connectivity index (χ4n) is 1.70. The number of hydrogen-bond acceptors (Lipinski definition) is 1. The summed E-state index contributed by atoms with van der Waals surface area (Å²) in [7, 11) is 0. The molecule has 0 spiro atoms. The molecule has 2 aromatic rings. The van der Waals surface area contributed by atoms with E-state index in [9.17, 15) is 4.39 Å². The van der Waals surface area contributed by atoms with Gasteiger partial charge in [-0.2, -0.15) is 5.10 Å². The van der Waals surface area contributed by atoms with E-state index in [1.165, 1.54) is 23.4 Å². The standard InChI is InChI=1S/C13H15FN2/c1-9-10(2)15-16(11(9)3)8-12-4-6-13(14)7-5-12/h4-7H,8H2,1-3H3.